The van der Waals surface area contributed by atoms with Gasteiger partial charge in [0.1, 0.15) is 0 Å². The normalized spacial score (nSPS) is 10.7. The van der Waals surface area contributed by atoms with Crippen molar-refractivity contribution in [3.8, 4) is 0 Å². The van der Waals surface area contributed by atoms with Crippen LogP contribution in [0.5, 0.6) is 0 Å². The molecule has 0 atom stereocenters. The predicted molar refractivity (Wildman–Crippen MR) is 110 cm³/mol. The Morgan fingerprint density at radius 3 is 1.54 bits per heavy atom. The maximum atomic E-state index is 12.6. The molecule has 0 saturated carbocycles. The second kappa shape index (κ2) is 8.48. The fourth-order valence-electron chi connectivity index (χ4n) is 3.27. The lowest BCUT2D eigenvalue weighted by atomic mass is 9.93. The van der Waals surface area contributed by atoms with Gasteiger partial charge in [0.05, 0.1) is 0 Å². The monoisotopic (exact) mass is 343 g/mol. The van der Waals surface area contributed by atoms with Gasteiger partial charge < -0.3 is 4.90 Å². The van der Waals surface area contributed by atoms with Crippen LogP contribution in [0.3, 0.4) is 0 Å². The SMILES string of the molecule is CCC(CC)C(=O)c1ccc(N(c2ccccc2)c2ccccc2)cc1. The number of ketones is 1. The van der Waals surface area contributed by atoms with E-state index in [2.05, 4.69) is 43.0 Å². The van der Waals surface area contributed by atoms with E-state index in [-0.39, 0.29) is 11.7 Å². The molecule has 0 N–H and O–H groups in total. The van der Waals surface area contributed by atoms with E-state index in [1.807, 2.05) is 60.7 Å². The lowest BCUT2D eigenvalue weighted by Crippen LogP contribution is -2.14. The Morgan fingerprint density at radius 2 is 1.12 bits per heavy atom. The van der Waals surface area contributed by atoms with Gasteiger partial charge in [-0.1, -0.05) is 50.2 Å². The summed E-state index contributed by atoms with van der Waals surface area (Å²) in [5.74, 6) is 0.354. The maximum Gasteiger partial charge on any atom is 0.165 e. The van der Waals surface area contributed by atoms with Gasteiger partial charge in [-0.2, -0.15) is 0 Å². The number of carbonyl (C=O) groups excluding carboxylic acids is 1. The smallest absolute Gasteiger partial charge is 0.165 e. The van der Waals surface area contributed by atoms with Crippen LogP contribution in [0.15, 0.2) is 84.9 Å². The molecule has 0 unspecified atom stereocenters. The lowest BCUT2D eigenvalue weighted by molar-refractivity contribution is 0.0913. The summed E-state index contributed by atoms with van der Waals surface area (Å²) in [5, 5.41) is 0. The van der Waals surface area contributed by atoms with Crippen LogP contribution in [0.25, 0.3) is 0 Å². The third-order valence-corrected chi connectivity index (χ3v) is 4.80. The third kappa shape index (κ3) is 3.85. The van der Waals surface area contributed by atoms with Crippen LogP contribution in [0, 0.1) is 5.92 Å². The van der Waals surface area contributed by atoms with E-state index in [1.54, 1.807) is 0 Å². The Balaban J connectivity index is 1.97. The van der Waals surface area contributed by atoms with E-state index in [1.165, 1.54) is 0 Å². The van der Waals surface area contributed by atoms with E-state index in [9.17, 15) is 4.79 Å². The van der Waals surface area contributed by atoms with E-state index >= 15 is 0 Å². The number of nitrogens with zero attached hydrogens (tertiary/aromatic N) is 1. The minimum absolute atomic E-state index is 0.111. The van der Waals surface area contributed by atoms with Gasteiger partial charge in [0.25, 0.3) is 0 Å². The molecule has 3 aromatic rings. The Morgan fingerprint density at radius 1 is 0.692 bits per heavy atom. The molecule has 0 aliphatic rings. The van der Waals surface area contributed by atoms with E-state index in [0.29, 0.717) is 0 Å². The fourth-order valence-corrected chi connectivity index (χ4v) is 3.27. The van der Waals surface area contributed by atoms with Gasteiger partial charge >= 0.3 is 0 Å². The Labute approximate surface area is 156 Å². The van der Waals surface area contributed by atoms with E-state index in [4.69, 9.17) is 0 Å². The number of rotatable bonds is 7. The highest BCUT2D eigenvalue weighted by Crippen LogP contribution is 2.34. The zero-order valence-corrected chi connectivity index (χ0v) is 15.4. The Kier molecular flexibility index (Phi) is 5.85. The van der Waals surface area contributed by atoms with Crippen LogP contribution >= 0.6 is 0 Å². The number of benzene rings is 3. The minimum Gasteiger partial charge on any atom is -0.311 e. The first-order valence-corrected chi connectivity index (χ1v) is 9.29. The number of para-hydroxylation sites is 2. The van der Waals surface area contributed by atoms with Gasteiger partial charge in [0.2, 0.25) is 0 Å². The zero-order valence-electron chi connectivity index (χ0n) is 15.4. The Hall–Kier alpha value is -2.87. The van der Waals surface area contributed by atoms with Crippen molar-refractivity contribution in [1.82, 2.24) is 0 Å². The molecular weight excluding hydrogens is 318 g/mol. The molecule has 3 rings (SSSR count). The first kappa shape index (κ1) is 17.9. The van der Waals surface area contributed by atoms with Crippen molar-refractivity contribution in [2.24, 2.45) is 5.92 Å². The predicted octanol–water partition coefficient (Wildman–Crippen LogP) is 6.78. The average Bonchev–Trinajstić information content (AvgIpc) is 2.71. The fraction of sp³-hybridized carbons (Fsp3) is 0.208. The molecule has 0 aliphatic carbocycles. The molecular formula is C24H25NO. The van der Waals surface area contributed by atoms with Gasteiger partial charge in [-0.25, -0.2) is 0 Å². The molecule has 0 saturated heterocycles. The average molecular weight is 343 g/mol. The van der Waals surface area contributed by atoms with Crippen LogP contribution in [0.4, 0.5) is 17.1 Å². The van der Waals surface area contributed by atoms with Crippen LogP contribution in [0.1, 0.15) is 37.0 Å². The first-order valence-electron chi connectivity index (χ1n) is 9.29. The molecule has 26 heavy (non-hydrogen) atoms. The molecule has 0 aliphatic heterocycles. The Bertz CT molecular complexity index is 782. The van der Waals surface area contributed by atoms with Crippen molar-refractivity contribution in [3.05, 3.63) is 90.5 Å². The van der Waals surface area contributed by atoms with Gasteiger partial charge in [-0.05, 0) is 61.4 Å². The molecule has 0 heterocycles. The molecule has 0 fully saturated rings. The molecule has 3 aromatic carbocycles. The molecule has 132 valence electrons. The van der Waals surface area contributed by atoms with Crippen molar-refractivity contribution in [2.75, 3.05) is 4.90 Å². The molecule has 0 spiro atoms. The molecule has 2 nitrogen and oxygen atoms in total. The topological polar surface area (TPSA) is 20.3 Å². The molecule has 0 radical (unpaired) electrons. The lowest BCUT2D eigenvalue weighted by Gasteiger charge is -2.25. The van der Waals surface area contributed by atoms with Crippen molar-refractivity contribution in [3.63, 3.8) is 0 Å². The van der Waals surface area contributed by atoms with Gasteiger partial charge in [-0.15, -0.1) is 0 Å². The summed E-state index contributed by atoms with van der Waals surface area (Å²) < 4.78 is 0. The van der Waals surface area contributed by atoms with Gasteiger partial charge in [-0.3, -0.25) is 4.79 Å². The van der Waals surface area contributed by atoms with E-state index in [0.717, 1.165) is 35.5 Å². The van der Waals surface area contributed by atoms with Crippen molar-refractivity contribution in [2.45, 2.75) is 26.7 Å². The van der Waals surface area contributed by atoms with Gasteiger partial charge in [0.15, 0.2) is 5.78 Å². The van der Waals surface area contributed by atoms with Crippen LogP contribution < -0.4 is 4.90 Å². The van der Waals surface area contributed by atoms with Crippen molar-refractivity contribution >= 4 is 22.8 Å². The minimum atomic E-state index is 0.111. The summed E-state index contributed by atoms with van der Waals surface area (Å²) in [6, 6.07) is 28.5. The maximum absolute atomic E-state index is 12.6. The number of carbonyl (C=O) groups is 1. The highest BCUT2D eigenvalue weighted by atomic mass is 16.1. The summed E-state index contributed by atoms with van der Waals surface area (Å²) in [5.41, 5.74) is 4.03. The third-order valence-electron chi connectivity index (χ3n) is 4.80. The molecule has 0 bridgehead atoms. The molecule has 2 heteroatoms. The second-order valence-corrected chi connectivity index (χ2v) is 6.43. The number of Topliss-reactive ketones (excluding diaryl/α,β-unsaturated/α-hetero) is 1. The van der Waals surface area contributed by atoms with Crippen LogP contribution in [-0.2, 0) is 0 Å². The number of anilines is 3. The standard InChI is InChI=1S/C24H25NO/c1-3-19(4-2)24(26)20-15-17-23(18-16-20)25(21-11-7-5-8-12-21)22-13-9-6-10-14-22/h5-19H,3-4H2,1-2H3. The number of hydrogen-bond donors (Lipinski definition) is 0. The summed E-state index contributed by atoms with van der Waals surface area (Å²) in [6.07, 6.45) is 1.77. The molecule has 0 aromatic heterocycles. The summed E-state index contributed by atoms with van der Waals surface area (Å²) >= 11 is 0. The summed E-state index contributed by atoms with van der Waals surface area (Å²) in [7, 11) is 0. The highest BCUT2D eigenvalue weighted by Gasteiger charge is 2.17. The quantitative estimate of drug-likeness (QED) is 0.441. The van der Waals surface area contributed by atoms with Crippen molar-refractivity contribution < 1.29 is 4.79 Å². The van der Waals surface area contributed by atoms with E-state index < -0.39 is 0 Å². The van der Waals surface area contributed by atoms with Crippen LogP contribution in [0.2, 0.25) is 0 Å². The summed E-state index contributed by atoms with van der Waals surface area (Å²) in [6.45, 7) is 4.15. The van der Waals surface area contributed by atoms with Gasteiger partial charge in [0, 0.05) is 28.5 Å². The highest BCUT2D eigenvalue weighted by molar-refractivity contribution is 5.98. The summed E-state index contributed by atoms with van der Waals surface area (Å²) in [4.78, 5) is 14.8. The number of hydrogen-bond acceptors (Lipinski definition) is 2. The second-order valence-electron chi connectivity index (χ2n) is 6.43. The zero-order chi connectivity index (χ0) is 18.4. The first-order chi connectivity index (χ1) is 12.7. The molecule has 0 amide bonds. The van der Waals surface area contributed by atoms with Crippen LogP contribution in [-0.4, -0.2) is 5.78 Å². The largest absolute Gasteiger partial charge is 0.311 e. The van der Waals surface area contributed by atoms with Crippen molar-refractivity contribution in [1.29, 1.82) is 0 Å².